The molecule has 0 bridgehead atoms. The molecule has 0 amide bonds. The number of carbonyl (C=O) groups excluding carboxylic acids is 3. The van der Waals surface area contributed by atoms with Crippen molar-refractivity contribution in [1.82, 2.24) is 0 Å². The number of hydrogen-bond donors (Lipinski definition) is 2. The monoisotopic (exact) mass is 769 g/mol. The van der Waals surface area contributed by atoms with Crippen molar-refractivity contribution < 1.29 is 34.1 Å². The van der Waals surface area contributed by atoms with Gasteiger partial charge in [-0.2, -0.15) is 0 Å². The van der Waals surface area contributed by atoms with Crippen molar-refractivity contribution in [2.45, 2.75) is 225 Å². The predicted octanol–water partition coefficient (Wildman–Crippen LogP) is 11.5. The lowest BCUT2D eigenvalue weighted by atomic mass is 9.60. The van der Waals surface area contributed by atoms with Gasteiger partial charge >= 0.3 is 11.9 Å². The van der Waals surface area contributed by atoms with Crippen molar-refractivity contribution in [3.8, 4) is 0 Å². The van der Waals surface area contributed by atoms with E-state index in [0.717, 1.165) is 38.5 Å². The van der Waals surface area contributed by atoms with Crippen LogP contribution in [-0.4, -0.2) is 51.3 Å². The lowest BCUT2D eigenvalue weighted by molar-refractivity contribution is -0.187. The zero-order chi connectivity index (χ0) is 40.1. The SMILES string of the molecule is CCCCCCCCCCCCCCCC(=O)OC12CC(C)C3(O)C(C=C(COC(=O)CCCCCCCCCCC)CC4(O)C(=O)C(C)=CC43)C1C2(C)C. The smallest absolute Gasteiger partial charge is 0.306 e. The summed E-state index contributed by atoms with van der Waals surface area (Å²) < 4.78 is 12.3. The van der Waals surface area contributed by atoms with Crippen molar-refractivity contribution in [3.63, 3.8) is 0 Å². The molecule has 4 rings (SSSR count). The van der Waals surface area contributed by atoms with Gasteiger partial charge in [-0.15, -0.1) is 0 Å². The van der Waals surface area contributed by atoms with E-state index in [9.17, 15) is 24.6 Å². The molecule has 2 saturated carbocycles. The average Bonchev–Trinajstić information content (AvgIpc) is 3.55. The molecule has 0 spiro atoms. The Hall–Kier alpha value is -1.99. The van der Waals surface area contributed by atoms with E-state index in [-0.39, 0.29) is 42.6 Å². The van der Waals surface area contributed by atoms with Gasteiger partial charge in [0.05, 0.1) is 5.60 Å². The number of unbranched alkanes of at least 4 members (excludes halogenated alkanes) is 20. The molecule has 7 heteroatoms. The van der Waals surface area contributed by atoms with Crippen molar-refractivity contribution in [3.05, 3.63) is 23.3 Å². The number of fused-ring (bicyclic) bond motifs is 5. The Morgan fingerprint density at radius 1 is 0.709 bits per heavy atom. The van der Waals surface area contributed by atoms with Crippen LogP contribution in [0.3, 0.4) is 0 Å². The van der Waals surface area contributed by atoms with E-state index in [2.05, 4.69) is 27.7 Å². The van der Waals surface area contributed by atoms with Crippen LogP contribution in [0.25, 0.3) is 0 Å². The van der Waals surface area contributed by atoms with Crippen LogP contribution >= 0.6 is 0 Å². The van der Waals surface area contributed by atoms with Gasteiger partial charge in [-0.05, 0) is 43.3 Å². The van der Waals surface area contributed by atoms with Crippen LogP contribution in [-0.2, 0) is 23.9 Å². The van der Waals surface area contributed by atoms with Crippen LogP contribution in [0.1, 0.15) is 208 Å². The van der Waals surface area contributed by atoms with Gasteiger partial charge in [-0.25, -0.2) is 0 Å². The van der Waals surface area contributed by atoms with Crippen molar-refractivity contribution in [1.29, 1.82) is 0 Å². The Labute approximate surface area is 335 Å². The quantitative estimate of drug-likeness (QED) is 0.0486. The summed E-state index contributed by atoms with van der Waals surface area (Å²) in [6.07, 6.45) is 31.7. The van der Waals surface area contributed by atoms with Crippen LogP contribution in [0.4, 0.5) is 0 Å². The maximum absolute atomic E-state index is 13.6. The number of ether oxygens (including phenoxy) is 2. The minimum absolute atomic E-state index is 0.000163. The van der Waals surface area contributed by atoms with Crippen molar-refractivity contribution in [2.75, 3.05) is 6.61 Å². The third-order valence-electron chi connectivity index (χ3n) is 14.4. The molecule has 0 saturated heterocycles. The lowest BCUT2D eigenvalue weighted by Gasteiger charge is -2.50. The summed E-state index contributed by atoms with van der Waals surface area (Å²) >= 11 is 0. The molecule has 0 aromatic carbocycles. The van der Waals surface area contributed by atoms with Gasteiger partial charge in [-0.1, -0.05) is 175 Å². The topological polar surface area (TPSA) is 110 Å². The van der Waals surface area contributed by atoms with E-state index in [4.69, 9.17) is 9.47 Å². The summed E-state index contributed by atoms with van der Waals surface area (Å²) in [7, 11) is 0. The highest BCUT2D eigenvalue weighted by molar-refractivity contribution is 6.04. The van der Waals surface area contributed by atoms with Gasteiger partial charge < -0.3 is 19.7 Å². The predicted molar refractivity (Wildman–Crippen MR) is 221 cm³/mol. The van der Waals surface area contributed by atoms with E-state index in [1.807, 2.05) is 13.0 Å². The van der Waals surface area contributed by atoms with Gasteiger partial charge in [0.25, 0.3) is 0 Å². The minimum Gasteiger partial charge on any atom is -0.461 e. The molecular formula is C48H80O7. The van der Waals surface area contributed by atoms with Crippen LogP contribution in [0.2, 0.25) is 0 Å². The standard InChI is InChI=1S/C48H80O7/c1-7-9-11-13-15-17-18-19-20-22-24-26-28-30-42(50)55-47-33-37(4)48(53)39(43(47)45(47,5)6)32-38(34-46(52)40(48)31-36(3)44(46)51)35-54-41(49)29-27-25-23-21-16-14-12-10-8-2/h31-32,37,39-40,43,52-53H,7-30,33-35H2,1-6H3. The van der Waals surface area contributed by atoms with Crippen LogP contribution in [0.5, 0.6) is 0 Å². The molecule has 0 heterocycles. The third-order valence-corrected chi connectivity index (χ3v) is 14.4. The molecule has 7 nitrogen and oxygen atoms in total. The molecular weight excluding hydrogens is 689 g/mol. The summed E-state index contributed by atoms with van der Waals surface area (Å²) in [5.74, 6) is -2.69. The summed E-state index contributed by atoms with van der Waals surface area (Å²) in [4.78, 5) is 39.9. The second-order valence-electron chi connectivity index (χ2n) is 18.9. The fraction of sp³-hybridized carbons (Fsp3) is 0.854. The first-order valence-corrected chi connectivity index (χ1v) is 23.0. The zero-order valence-electron chi connectivity index (χ0n) is 36.0. The molecule has 0 radical (unpaired) electrons. The highest BCUT2D eigenvalue weighted by Crippen LogP contribution is 2.76. The lowest BCUT2D eigenvalue weighted by Crippen LogP contribution is -2.61. The first-order chi connectivity index (χ1) is 26.3. The Kier molecular flexibility index (Phi) is 17.6. The number of aliphatic hydroxyl groups is 2. The van der Waals surface area contributed by atoms with Crippen molar-refractivity contribution >= 4 is 17.7 Å². The summed E-state index contributed by atoms with van der Waals surface area (Å²) in [5, 5.41) is 25.0. The summed E-state index contributed by atoms with van der Waals surface area (Å²) in [5.41, 5.74) is -3.31. The van der Waals surface area contributed by atoms with E-state index in [0.29, 0.717) is 30.4 Å². The number of esters is 2. The first-order valence-electron chi connectivity index (χ1n) is 23.0. The van der Waals surface area contributed by atoms with Crippen LogP contribution < -0.4 is 0 Å². The fourth-order valence-electron chi connectivity index (χ4n) is 11.0. The Bertz CT molecular complexity index is 1310. The van der Waals surface area contributed by atoms with E-state index < -0.39 is 34.1 Å². The Balaban J connectivity index is 1.32. The molecule has 55 heavy (non-hydrogen) atoms. The van der Waals surface area contributed by atoms with Crippen molar-refractivity contribution in [2.24, 2.45) is 29.1 Å². The molecule has 314 valence electrons. The Morgan fingerprint density at radius 3 is 1.65 bits per heavy atom. The molecule has 0 aromatic rings. The molecule has 7 unspecified atom stereocenters. The van der Waals surface area contributed by atoms with E-state index in [1.165, 1.54) is 103 Å². The number of ketones is 1. The number of hydrogen-bond acceptors (Lipinski definition) is 7. The molecule has 7 atom stereocenters. The molecule has 4 aliphatic carbocycles. The van der Waals surface area contributed by atoms with E-state index in [1.54, 1.807) is 13.0 Å². The molecule has 0 aliphatic heterocycles. The number of carbonyl (C=O) groups is 3. The van der Waals surface area contributed by atoms with Crippen LogP contribution in [0.15, 0.2) is 23.3 Å². The molecule has 2 fully saturated rings. The van der Waals surface area contributed by atoms with E-state index >= 15 is 0 Å². The maximum Gasteiger partial charge on any atom is 0.306 e. The maximum atomic E-state index is 13.6. The minimum atomic E-state index is -1.82. The fourth-order valence-corrected chi connectivity index (χ4v) is 11.0. The van der Waals surface area contributed by atoms with Gasteiger partial charge in [0.15, 0.2) is 5.78 Å². The van der Waals surface area contributed by atoms with Gasteiger partial charge in [0.2, 0.25) is 0 Å². The largest absolute Gasteiger partial charge is 0.461 e. The number of Topliss-reactive ketones (excluding diaryl/α,β-unsaturated/α-hetero) is 1. The summed E-state index contributed by atoms with van der Waals surface area (Å²) in [6.45, 7) is 12.4. The van der Waals surface area contributed by atoms with Gasteiger partial charge in [-0.3, -0.25) is 14.4 Å². The Morgan fingerprint density at radius 2 is 1.16 bits per heavy atom. The second kappa shape index (κ2) is 21.1. The normalized spacial score (nSPS) is 30.4. The highest BCUT2D eigenvalue weighted by atomic mass is 16.6. The molecule has 2 N–H and O–H groups in total. The third kappa shape index (κ3) is 10.9. The zero-order valence-corrected chi connectivity index (χ0v) is 36.0. The summed E-state index contributed by atoms with van der Waals surface area (Å²) in [6, 6.07) is 0. The second-order valence-corrected chi connectivity index (χ2v) is 18.9. The highest BCUT2D eigenvalue weighted by Gasteiger charge is 2.83. The van der Waals surface area contributed by atoms with Gasteiger partial charge in [0, 0.05) is 42.4 Å². The average molecular weight is 769 g/mol. The molecule has 0 aromatic heterocycles. The number of rotatable bonds is 27. The van der Waals surface area contributed by atoms with Gasteiger partial charge in [0.1, 0.15) is 17.8 Å². The molecule has 4 aliphatic rings. The van der Waals surface area contributed by atoms with Crippen LogP contribution in [0, 0.1) is 29.1 Å². The first kappa shape index (κ1) is 45.7.